The van der Waals surface area contributed by atoms with Crippen LogP contribution in [0.2, 0.25) is 0 Å². The molecule has 402 valence electrons. The van der Waals surface area contributed by atoms with Crippen LogP contribution in [0, 0.1) is 35.5 Å². The Morgan fingerprint density at radius 3 is 0.863 bits per heavy atom. The second-order valence-corrected chi connectivity index (χ2v) is 28.7. The van der Waals surface area contributed by atoms with Crippen LogP contribution in [-0.2, 0) is 21.7 Å². The average Bonchev–Trinajstić information content (AvgIpc) is 3.65. The van der Waals surface area contributed by atoms with Gasteiger partial charge in [-0.25, -0.2) is 0 Å². The van der Waals surface area contributed by atoms with Crippen LogP contribution in [0.3, 0.4) is 0 Å². The van der Waals surface area contributed by atoms with E-state index in [-0.39, 0.29) is 21.7 Å². The molecule has 0 spiro atoms. The molecule has 8 aliphatic rings. The smallest absolute Gasteiger partial charge is 0.0620 e. The molecule has 8 saturated carbocycles. The quantitative estimate of drug-likeness (QED) is 0.0995. The van der Waals surface area contributed by atoms with Crippen molar-refractivity contribution in [1.82, 2.24) is 0 Å². The van der Waals surface area contributed by atoms with Gasteiger partial charge in [-0.2, -0.15) is 0 Å². The average molecular weight is 1050 g/mol. The molecule has 0 aliphatic heterocycles. The lowest BCUT2D eigenvalue weighted by Gasteiger charge is -2.57. The lowest BCUT2D eigenvalue weighted by molar-refractivity contribution is -0.00525. The number of fused-ring (bicyclic) bond motifs is 2. The Morgan fingerprint density at radius 2 is 0.575 bits per heavy atom. The Kier molecular flexibility index (Phi) is 11.8. The zero-order valence-corrected chi connectivity index (χ0v) is 48.3. The first kappa shape index (κ1) is 50.1. The molecule has 9 aromatic rings. The summed E-state index contributed by atoms with van der Waals surface area (Å²) in [6, 6.07) is 76.1. The Labute approximate surface area is 477 Å². The maximum atomic E-state index is 2.75. The maximum Gasteiger partial charge on any atom is 0.0620 e. The molecule has 0 unspecified atom stereocenters. The van der Waals surface area contributed by atoms with Crippen LogP contribution in [0.4, 0.5) is 34.1 Å². The fourth-order valence-electron chi connectivity index (χ4n) is 18.2. The summed E-state index contributed by atoms with van der Waals surface area (Å²) in [5, 5.41) is 5.31. The van der Waals surface area contributed by atoms with Gasteiger partial charge >= 0.3 is 0 Å². The molecule has 0 N–H and O–H groups in total. The van der Waals surface area contributed by atoms with E-state index in [1.807, 2.05) is 0 Å². The largest absolute Gasteiger partial charge is 0.309 e. The first-order valence-corrected chi connectivity index (χ1v) is 30.9. The number of nitrogens with zero attached hydrogens (tertiary/aromatic N) is 2. The first-order valence-electron chi connectivity index (χ1n) is 30.9. The summed E-state index contributed by atoms with van der Waals surface area (Å²) < 4.78 is 0. The van der Waals surface area contributed by atoms with Gasteiger partial charge in [0.2, 0.25) is 0 Å². The van der Waals surface area contributed by atoms with Crippen LogP contribution in [0.15, 0.2) is 194 Å². The van der Waals surface area contributed by atoms with Crippen molar-refractivity contribution in [2.24, 2.45) is 35.5 Å². The van der Waals surface area contributed by atoms with Gasteiger partial charge in [-0.15, -0.1) is 0 Å². The summed E-state index contributed by atoms with van der Waals surface area (Å²) in [6.45, 7) is 14.0. The van der Waals surface area contributed by atoms with E-state index >= 15 is 0 Å². The predicted octanol–water partition coefficient (Wildman–Crippen LogP) is 21.8. The fourth-order valence-corrected chi connectivity index (χ4v) is 18.2. The monoisotopic (exact) mass is 1040 g/mol. The van der Waals surface area contributed by atoms with Crippen molar-refractivity contribution in [1.29, 1.82) is 0 Å². The first-order chi connectivity index (χ1) is 38.7. The summed E-state index contributed by atoms with van der Waals surface area (Å²) in [5.41, 5.74) is 18.6. The van der Waals surface area contributed by atoms with Gasteiger partial charge in [-0.3, -0.25) is 0 Å². The highest BCUT2D eigenvalue weighted by Crippen LogP contribution is 2.64. The number of hydrogen-bond donors (Lipinski definition) is 0. The molecule has 2 heteroatoms. The van der Waals surface area contributed by atoms with Crippen LogP contribution < -0.4 is 9.80 Å². The number of anilines is 6. The third-order valence-electron chi connectivity index (χ3n) is 21.3. The predicted molar refractivity (Wildman–Crippen MR) is 339 cm³/mol. The summed E-state index contributed by atoms with van der Waals surface area (Å²) >= 11 is 0. The zero-order chi connectivity index (χ0) is 54.1. The van der Waals surface area contributed by atoms with Gasteiger partial charge in [-0.05, 0) is 239 Å². The Hall–Kier alpha value is -6.90. The van der Waals surface area contributed by atoms with E-state index in [1.165, 1.54) is 166 Å². The molecule has 0 atom stereocenters. The van der Waals surface area contributed by atoms with Gasteiger partial charge in [0.05, 0.1) is 11.4 Å². The number of benzene rings is 9. The molecule has 0 amide bonds. The Morgan fingerprint density at radius 1 is 0.300 bits per heavy atom. The number of hydrogen-bond acceptors (Lipinski definition) is 2. The molecule has 2 nitrogen and oxygen atoms in total. The highest BCUT2D eigenvalue weighted by atomic mass is 15.2. The van der Waals surface area contributed by atoms with Crippen molar-refractivity contribution < 1.29 is 0 Å². The fraction of sp³-hybridized carbons (Fsp3) is 0.359. The lowest BCUT2D eigenvalue weighted by Crippen LogP contribution is -2.48. The molecule has 8 aliphatic carbocycles. The van der Waals surface area contributed by atoms with Crippen molar-refractivity contribution in [2.45, 2.75) is 140 Å². The van der Waals surface area contributed by atoms with Crippen molar-refractivity contribution >= 4 is 55.7 Å². The van der Waals surface area contributed by atoms with Gasteiger partial charge in [0.15, 0.2) is 0 Å². The zero-order valence-electron chi connectivity index (χ0n) is 48.3. The van der Waals surface area contributed by atoms with Gasteiger partial charge < -0.3 is 9.80 Å². The minimum Gasteiger partial charge on any atom is -0.309 e. The molecule has 0 saturated heterocycles. The normalized spacial score (nSPS) is 25.6. The molecule has 80 heavy (non-hydrogen) atoms. The van der Waals surface area contributed by atoms with Crippen LogP contribution in [0.25, 0.3) is 43.8 Å². The molecule has 0 heterocycles. The van der Waals surface area contributed by atoms with E-state index in [9.17, 15) is 0 Å². The van der Waals surface area contributed by atoms with Gasteiger partial charge in [0.1, 0.15) is 0 Å². The third-order valence-corrected chi connectivity index (χ3v) is 21.3. The van der Waals surface area contributed by atoms with E-state index in [0.717, 1.165) is 35.5 Å². The third kappa shape index (κ3) is 8.64. The summed E-state index contributed by atoms with van der Waals surface area (Å²) in [6.07, 6.45) is 16.6. The van der Waals surface area contributed by atoms with Gasteiger partial charge in [0, 0.05) is 44.3 Å². The second kappa shape index (κ2) is 18.8. The summed E-state index contributed by atoms with van der Waals surface area (Å²) in [4.78, 5) is 5.33. The summed E-state index contributed by atoms with van der Waals surface area (Å²) in [5.74, 6) is 5.07. The standard InChI is InChI=1S/C78H80N2/c1-75(2,3)61-21-31-67(32-22-61)79(65-27-17-59(18-28-65)57-13-9-7-10-14-57)73-69-35-25-64(78-48-54-40-55(49-78)42-56(41-54)50-78)44-72(69)74(70-36-26-63(43-71(70)73)77-45-51-37-52(46-77)39-53(38-51)47-77)80(68-33-23-62(24-34-68)76(4,5)6)66-29-19-60(20-30-66)58-15-11-8-12-16-58/h7-36,43-44,51-56H,37-42,45-50H2,1-6H3. The van der Waals surface area contributed by atoms with Crippen LogP contribution in [0.1, 0.15) is 141 Å². The van der Waals surface area contributed by atoms with Crippen molar-refractivity contribution in [2.75, 3.05) is 9.80 Å². The second-order valence-electron chi connectivity index (χ2n) is 28.7. The molecular weight excluding hydrogens is 965 g/mol. The van der Waals surface area contributed by atoms with E-state index < -0.39 is 0 Å². The minimum absolute atomic E-state index is 0.0238. The van der Waals surface area contributed by atoms with Crippen LogP contribution in [0.5, 0.6) is 0 Å². The van der Waals surface area contributed by atoms with Gasteiger partial charge in [-0.1, -0.05) is 175 Å². The van der Waals surface area contributed by atoms with Gasteiger partial charge in [0.25, 0.3) is 0 Å². The van der Waals surface area contributed by atoms with Crippen LogP contribution >= 0.6 is 0 Å². The van der Waals surface area contributed by atoms with Crippen molar-refractivity contribution in [3.05, 3.63) is 216 Å². The van der Waals surface area contributed by atoms with Crippen molar-refractivity contribution in [3.63, 3.8) is 0 Å². The van der Waals surface area contributed by atoms with E-state index in [1.54, 1.807) is 11.1 Å². The molecule has 0 radical (unpaired) electrons. The lowest BCUT2D eigenvalue weighted by atomic mass is 9.48. The van der Waals surface area contributed by atoms with E-state index in [4.69, 9.17) is 0 Å². The van der Waals surface area contributed by atoms with E-state index in [0.29, 0.717) is 0 Å². The molecule has 9 aromatic carbocycles. The minimum atomic E-state index is 0.0238. The molecule has 8 fully saturated rings. The molecular formula is C78H80N2. The SMILES string of the molecule is CC(C)(C)c1ccc(N(c2ccc(-c3ccccc3)cc2)c2c3ccc(C45CC6CC(CC(C6)C4)C5)cc3c(N(c3ccc(-c4ccccc4)cc3)c3ccc(C(C)(C)C)cc3)c3ccc(C45CC6CC(CC(C6)C4)C5)cc23)cc1. The van der Waals surface area contributed by atoms with E-state index in [2.05, 4.69) is 245 Å². The Bertz CT molecular complexity index is 3440. The molecule has 0 aromatic heterocycles. The maximum absolute atomic E-state index is 2.75. The highest BCUT2D eigenvalue weighted by molar-refractivity contribution is 6.23. The molecule has 8 bridgehead atoms. The number of rotatable bonds is 10. The Balaban J connectivity index is 1.05. The topological polar surface area (TPSA) is 6.48 Å². The molecule has 17 rings (SSSR count). The van der Waals surface area contributed by atoms with Crippen LogP contribution in [-0.4, -0.2) is 0 Å². The summed E-state index contributed by atoms with van der Waals surface area (Å²) in [7, 11) is 0. The van der Waals surface area contributed by atoms with Crippen molar-refractivity contribution in [3.8, 4) is 22.3 Å². The highest BCUT2D eigenvalue weighted by Gasteiger charge is 2.53.